The number of amides is 2. The number of alkyl halides is 3. The van der Waals surface area contributed by atoms with Crippen molar-refractivity contribution in [1.82, 2.24) is 19.5 Å². The number of carbonyl (C=O) groups is 2. The van der Waals surface area contributed by atoms with Crippen LogP contribution in [-0.2, 0) is 30.8 Å². The summed E-state index contributed by atoms with van der Waals surface area (Å²) in [6.45, 7) is 0.650. The molecule has 0 saturated carbocycles. The van der Waals surface area contributed by atoms with E-state index in [0.717, 1.165) is 6.07 Å². The summed E-state index contributed by atoms with van der Waals surface area (Å²) in [6, 6.07) is 10.3. The predicted octanol–water partition coefficient (Wildman–Crippen LogP) is 3.51. The van der Waals surface area contributed by atoms with Crippen LogP contribution in [0.3, 0.4) is 0 Å². The Morgan fingerprint density at radius 3 is 2.14 bits per heavy atom. The molecule has 234 valence electrons. The van der Waals surface area contributed by atoms with Gasteiger partial charge in [0.2, 0.25) is 25.8 Å². The van der Waals surface area contributed by atoms with Gasteiger partial charge in [0.15, 0.2) is 0 Å². The Kier molecular flexibility index (Phi) is 8.82. The molecule has 1 atom stereocenters. The summed E-state index contributed by atoms with van der Waals surface area (Å²) in [6.07, 6.45) is -0.757. The number of hydrogen-bond acceptors (Lipinski definition) is 7. The lowest BCUT2D eigenvalue weighted by Gasteiger charge is -2.35. The Labute approximate surface area is 252 Å². The number of pyridine rings is 1. The van der Waals surface area contributed by atoms with Gasteiger partial charge in [-0.2, -0.15) is 13.2 Å². The van der Waals surface area contributed by atoms with Gasteiger partial charge in [-0.1, -0.05) is 18.2 Å². The third kappa shape index (κ3) is 6.49. The Morgan fingerprint density at radius 1 is 0.841 bits per heavy atom. The number of sulfone groups is 1. The van der Waals surface area contributed by atoms with Crippen molar-refractivity contribution >= 4 is 31.7 Å². The van der Waals surface area contributed by atoms with Gasteiger partial charge < -0.3 is 9.80 Å². The van der Waals surface area contributed by atoms with Gasteiger partial charge in [0, 0.05) is 43.6 Å². The molecule has 2 aliphatic rings. The molecule has 0 radical (unpaired) electrons. The molecule has 3 aromatic rings. The van der Waals surface area contributed by atoms with E-state index < -0.39 is 53.5 Å². The van der Waals surface area contributed by atoms with E-state index >= 15 is 0 Å². The highest BCUT2D eigenvalue weighted by atomic mass is 32.2. The molecule has 2 aliphatic heterocycles. The van der Waals surface area contributed by atoms with Crippen molar-refractivity contribution in [3.05, 3.63) is 84.2 Å². The summed E-state index contributed by atoms with van der Waals surface area (Å²) in [4.78, 5) is 31.3. The molecule has 5 rings (SSSR count). The molecule has 2 saturated heterocycles. The van der Waals surface area contributed by atoms with Gasteiger partial charge in [-0.05, 0) is 68.1 Å². The van der Waals surface area contributed by atoms with Crippen LogP contribution in [0.5, 0.6) is 0 Å². The Hall–Kier alpha value is -3.82. The van der Waals surface area contributed by atoms with E-state index in [1.165, 1.54) is 46.5 Å². The van der Waals surface area contributed by atoms with Gasteiger partial charge in [0.05, 0.1) is 20.2 Å². The maximum absolute atomic E-state index is 13.9. The van der Waals surface area contributed by atoms with Gasteiger partial charge >= 0.3 is 6.18 Å². The smallest absolute Gasteiger partial charge is 0.341 e. The van der Waals surface area contributed by atoms with E-state index in [2.05, 4.69) is 9.71 Å². The molecule has 10 nitrogen and oxygen atoms in total. The van der Waals surface area contributed by atoms with E-state index in [4.69, 9.17) is 0 Å². The van der Waals surface area contributed by atoms with E-state index in [1.807, 2.05) is 0 Å². The summed E-state index contributed by atoms with van der Waals surface area (Å²) in [7, 11) is -9.14. The number of aromatic nitrogens is 1. The lowest BCUT2D eigenvalue weighted by atomic mass is 10.0. The second-order valence-corrected chi connectivity index (χ2v) is 14.2. The third-order valence-corrected chi connectivity index (χ3v) is 11.1. The molecule has 1 N–H and O–H groups in total. The first kappa shape index (κ1) is 31.6. The Balaban J connectivity index is 1.30. The summed E-state index contributed by atoms with van der Waals surface area (Å²) < 4.78 is 96.7. The van der Waals surface area contributed by atoms with E-state index in [1.54, 1.807) is 18.2 Å². The van der Waals surface area contributed by atoms with Crippen molar-refractivity contribution in [1.29, 1.82) is 0 Å². The third-order valence-electron chi connectivity index (χ3n) is 7.77. The second-order valence-electron chi connectivity index (χ2n) is 10.6. The fourth-order valence-corrected chi connectivity index (χ4v) is 8.44. The average molecular weight is 651 g/mol. The molecular weight excluding hydrogens is 621 g/mol. The van der Waals surface area contributed by atoms with Crippen LogP contribution in [0, 0.1) is 0 Å². The summed E-state index contributed by atoms with van der Waals surface area (Å²) in [5, 5.41) is 0. The van der Waals surface area contributed by atoms with Crippen LogP contribution in [0.25, 0.3) is 0 Å². The van der Waals surface area contributed by atoms with Crippen LogP contribution in [0.15, 0.2) is 87.7 Å². The zero-order valence-electron chi connectivity index (χ0n) is 23.3. The van der Waals surface area contributed by atoms with Crippen LogP contribution in [-0.4, -0.2) is 75.2 Å². The number of nitrogens with zero attached hydrogens (tertiary/aromatic N) is 3. The second kappa shape index (κ2) is 12.3. The Bertz CT molecular complexity index is 1750. The largest absolute Gasteiger partial charge is 0.417 e. The van der Waals surface area contributed by atoms with Gasteiger partial charge in [-0.15, -0.1) is 0 Å². The summed E-state index contributed by atoms with van der Waals surface area (Å²) in [5.74, 6) is -0.563. The standard InChI is InChI=1S/C29H29F3N4O6S2/c30-29(31,32)24-9-8-23(43(39,40)22-5-2-1-3-6-22)19-26(24)44(41,42)34-21-12-17-35(18-13-21)28(38)25-7-4-16-36(25)27(37)20-10-14-33-15-11-20/h1-3,5-6,8-11,14-15,19,21,25,34H,4,7,12-13,16-18H2/t25-/m1/s1. The van der Waals surface area contributed by atoms with Crippen molar-refractivity contribution in [2.24, 2.45) is 0 Å². The first-order valence-electron chi connectivity index (χ1n) is 13.8. The molecule has 0 bridgehead atoms. The highest BCUT2D eigenvalue weighted by Crippen LogP contribution is 2.36. The predicted molar refractivity (Wildman–Crippen MR) is 152 cm³/mol. The van der Waals surface area contributed by atoms with E-state index in [9.17, 15) is 39.6 Å². The maximum atomic E-state index is 13.9. The molecule has 3 heterocycles. The average Bonchev–Trinajstić information content (AvgIpc) is 3.51. The van der Waals surface area contributed by atoms with Crippen molar-refractivity contribution in [2.45, 2.75) is 58.6 Å². The van der Waals surface area contributed by atoms with Crippen LogP contribution < -0.4 is 4.72 Å². The number of benzene rings is 2. The number of hydrogen-bond donors (Lipinski definition) is 1. The first-order valence-corrected chi connectivity index (χ1v) is 16.8. The number of piperidine rings is 1. The molecule has 2 fully saturated rings. The molecule has 1 aromatic heterocycles. The normalized spacial score (nSPS) is 18.4. The quantitative estimate of drug-likeness (QED) is 0.414. The molecule has 0 spiro atoms. The fourth-order valence-electron chi connectivity index (χ4n) is 5.50. The van der Waals surface area contributed by atoms with Crippen molar-refractivity contribution in [3.63, 3.8) is 0 Å². The van der Waals surface area contributed by atoms with Gasteiger partial charge in [-0.25, -0.2) is 21.6 Å². The Morgan fingerprint density at radius 2 is 1.50 bits per heavy atom. The minimum Gasteiger partial charge on any atom is -0.341 e. The zero-order chi connectivity index (χ0) is 31.7. The van der Waals surface area contributed by atoms with E-state index in [-0.39, 0.29) is 42.6 Å². The van der Waals surface area contributed by atoms with Crippen molar-refractivity contribution < 1.29 is 39.6 Å². The number of carbonyl (C=O) groups excluding carboxylic acids is 2. The number of likely N-dealkylation sites (tertiary alicyclic amines) is 2. The zero-order valence-corrected chi connectivity index (χ0v) is 24.9. The number of halogens is 3. The van der Waals surface area contributed by atoms with Gasteiger partial charge in [-0.3, -0.25) is 14.6 Å². The monoisotopic (exact) mass is 650 g/mol. The van der Waals surface area contributed by atoms with Crippen LogP contribution in [0.4, 0.5) is 13.2 Å². The maximum Gasteiger partial charge on any atom is 0.417 e. The van der Waals surface area contributed by atoms with Crippen LogP contribution in [0.2, 0.25) is 0 Å². The molecular formula is C29H29F3N4O6S2. The molecule has 0 unspecified atom stereocenters. The topological polar surface area (TPSA) is 134 Å². The first-order chi connectivity index (χ1) is 20.8. The highest BCUT2D eigenvalue weighted by Gasteiger charge is 2.41. The number of rotatable bonds is 7. The molecule has 2 aromatic carbocycles. The number of sulfonamides is 1. The molecule has 2 amide bonds. The summed E-state index contributed by atoms with van der Waals surface area (Å²) in [5.41, 5.74) is -1.09. The van der Waals surface area contributed by atoms with Crippen LogP contribution in [0.1, 0.15) is 41.6 Å². The fraction of sp³-hybridized carbons (Fsp3) is 0.345. The molecule has 44 heavy (non-hydrogen) atoms. The minimum atomic E-state index is -5.07. The molecule has 0 aliphatic carbocycles. The van der Waals surface area contributed by atoms with Gasteiger partial charge in [0.25, 0.3) is 5.91 Å². The van der Waals surface area contributed by atoms with Crippen molar-refractivity contribution in [2.75, 3.05) is 19.6 Å². The lowest BCUT2D eigenvalue weighted by Crippen LogP contribution is -2.52. The van der Waals surface area contributed by atoms with Crippen LogP contribution >= 0.6 is 0 Å². The summed E-state index contributed by atoms with van der Waals surface area (Å²) >= 11 is 0. The molecule has 15 heteroatoms. The van der Waals surface area contributed by atoms with Crippen molar-refractivity contribution in [3.8, 4) is 0 Å². The minimum absolute atomic E-state index is 0.110. The highest BCUT2D eigenvalue weighted by molar-refractivity contribution is 7.91. The lowest BCUT2D eigenvalue weighted by molar-refractivity contribution is -0.140. The van der Waals surface area contributed by atoms with E-state index in [0.29, 0.717) is 37.1 Å². The number of nitrogens with one attached hydrogen (secondary N) is 1. The SMILES string of the molecule is O=C([C@H]1CCCN1C(=O)c1ccncc1)N1CCC(NS(=O)(=O)c2cc(S(=O)(=O)c3ccccc3)ccc2C(F)(F)F)CC1. The van der Waals surface area contributed by atoms with Gasteiger partial charge in [0.1, 0.15) is 6.04 Å².